The number of amides is 2. The smallest absolute Gasteiger partial charge is 0.253 e. The second-order valence-electron chi connectivity index (χ2n) is 7.76. The van der Waals surface area contributed by atoms with E-state index in [4.69, 9.17) is 16.0 Å². The van der Waals surface area contributed by atoms with Crippen molar-refractivity contribution in [3.63, 3.8) is 0 Å². The lowest BCUT2D eigenvalue weighted by Gasteiger charge is -2.31. The van der Waals surface area contributed by atoms with Gasteiger partial charge in [0.2, 0.25) is 5.91 Å². The summed E-state index contributed by atoms with van der Waals surface area (Å²) in [5.74, 6) is 0.623. The van der Waals surface area contributed by atoms with Crippen LogP contribution in [0.3, 0.4) is 0 Å². The zero-order valence-electron chi connectivity index (χ0n) is 17.3. The number of hydrogen-bond acceptors (Lipinski definition) is 6. The third-order valence-electron chi connectivity index (χ3n) is 5.35. The lowest BCUT2D eigenvalue weighted by atomic mass is 9.98. The molecule has 1 aromatic carbocycles. The molecule has 32 heavy (non-hydrogen) atoms. The molecule has 9 heteroatoms. The van der Waals surface area contributed by atoms with Gasteiger partial charge in [0.15, 0.2) is 5.89 Å². The fourth-order valence-corrected chi connectivity index (χ4v) is 3.98. The van der Waals surface area contributed by atoms with Gasteiger partial charge in [-0.25, -0.2) is 4.98 Å². The third kappa shape index (κ3) is 5.45. The molecule has 0 spiro atoms. The maximum atomic E-state index is 12.6. The monoisotopic (exact) mass is 454 g/mol. The third-order valence-corrected chi connectivity index (χ3v) is 5.58. The molecule has 3 heterocycles. The number of oxazole rings is 1. The van der Waals surface area contributed by atoms with Crippen LogP contribution in [0.2, 0.25) is 5.02 Å². The van der Waals surface area contributed by atoms with Gasteiger partial charge in [-0.2, -0.15) is 0 Å². The number of carbonyl (C=O) groups is 2. The Labute approximate surface area is 190 Å². The van der Waals surface area contributed by atoms with Gasteiger partial charge in [0, 0.05) is 30.7 Å². The molecule has 0 aliphatic carbocycles. The minimum absolute atomic E-state index is 0.00628. The summed E-state index contributed by atoms with van der Waals surface area (Å²) in [7, 11) is 0. The van der Waals surface area contributed by atoms with Crippen molar-refractivity contribution in [2.24, 2.45) is 0 Å². The molecule has 1 aliphatic heterocycles. The van der Waals surface area contributed by atoms with Crippen LogP contribution in [0.15, 0.2) is 53.3 Å². The molecule has 1 saturated heterocycles. The number of pyridine rings is 1. The molecule has 4 rings (SSSR count). The Bertz CT molecular complexity index is 1120. The van der Waals surface area contributed by atoms with Crippen molar-refractivity contribution in [1.82, 2.24) is 20.2 Å². The van der Waals surface area contributed by atoms with Crippen LogP contribution < -0.4 is 5.32 Å². The molecule has 2 amide bonds. The van der Waals surface area contributed by atoms with Crippen LogP contribution in [0.5, 0.6) is 5.75 Å². The van der Waals surface area contributed by atoms with Crippen molar-refractivity contribution in [3.8, 4) is 5.75 Å². The maximum absolute atomic E-state index is 12.6. The van der Waals surface area contributed by atoms with E-state index >= 15 is 0 Å². The predicted octanol–water partition coefficient (Wildman–Crippen LogP) is 3.16. The Morgan fingerprint density at radius 1 is 1.25 bits per heavy atom. The first kappa shape index (κ1) is 21.8. The zero-order chi connectivity index (χ0) is 22.5. The van der Waals surface area contributed by atoms with Crippen LogP contribution in [-0.4, -0.2) is 51.4 Å². The summed E-state index contributed by atoms with van der Waals surface area (Å²) < 4.78 is 5.97. The molecule has 1 fully saturated rings. The van der Waals surface area contributed by atoms with Crippen LogP contribution in [0.1, 0.15) is 46.3 Å². The van der Waals surface area contributed by atoms with E-state index in [9.17, 15) is 14.7 Å². The molecule has 2 N–H and O–H groups in total. The molecular formula is C23H23ClN4O4. The molecular weight excluding hydrogens is 432 g/mol. The lowest BCUT2D eigenvalue weighted by Crippen LogP contribution is -2.44. The summed E-state index contributed by atoms with van der Waals surface area (Å²) >= 11 is 6.05. The van der Waals surface area contributed by atoms with Crippen molar-refractivity contribution >= 4 is 23.4 Å². The largest absolute Gasteiger partial charge is 0.506 e. The van der Waals surface area contributed by atoms with Crippen molar-refractivity contribution in [3.05, 3.63) is 76.7 Å². The standard InChI is InChI=1S/C23H23ClN4O4/c24-18-5-1-3-15(7-18)8-20-12-27-23(32-20)16-4-2-6-28(14-16)21(30)13-26-22(31)17-9-19(29)11-25-10-17/h1,3,5,7,9-12,16,29H,2,4,6,8,13-14H2,(H,26,31). The van der Waals surface area contributed by atoms with E-state index in [-0.39, 0.29) is 29.7 Å². The Morgan fingerprint density at radius 2 is 2.12 bits per heavy atom. The minimum Gasteiger partial charge on any atom is -0.506 e. The zero-order valence-corrected chi connectivity index (χ0v) is 18.1. The van der Waals surface area contributed by atoms with E-state index in [0.717, 1.165) is 24.2 Å². The normalized spacial score (nSPS) is 16.0. The summed E-state index contributed by atoms with van der Waals surface area (Å²) in [4.78, 5) is 34.7. The number of carbonyl (C=O) groups excluding carboxylic acids is 2. The fraction of sp³-hybridized carbons (Fsp3) is 0.304. The van der Waals surface area contributed by atoms with Gasteiger partial charge in [-0.1, -0.05) is 23.7 Å². The number of hydrogen-bond donors (Lipinski definition) is 2. The average molecular weight is 455 g/mol. The molecule has 3 aromatic rings. The highest BCUT2D eigenvalue weighted by molar-refractivity contribution is 6.30. The minimum atomic E-state index is -0.464. The number of piperidine rings is 1. The summed E-state index contributed by atoms with van der Waals surface area (Å²) in [6.45, 7) is 0.973. The van der Waals surface area contributed by atoms with E-state index in [1.807, 2.05) is 24.3 Å². The van der Waals surface area contributed by atoms with E-state index in [1.165, 1.54) is 18.5 Å². The summed E-state index contributed by atoms with van der Waals surface area (Å²) in [5.41, 5.74) is 1.24. The van der Waals surface area contributed by atoms with Crippen molar-refractivity contribution < 1.29 is 19.1 Å². The topological polar surface area (TPSA) is 109 Å². The van der Waals surface area contributed by atoms with Crippen LogP contribution in [-0.2, 0) is 11.2 Å². The first-order chi connectivity index (χ1) is 15.5. The quantitative estimate of drug-likeness (QED) is 0.592. The van der Waals surface area contributed by atoms with Crippen molar-refractivity contribution in [1.29, 1.82) is 0 Å². The number of halogens is 1. The van der Waals surface area contributed by atoms with Gasteiger partial charge < -0.3 is 19.7 Å². The van der Waals surface area contributed by atoms with Crippen LogP contribution in [0.4, 0.5) is 0 Å². The van der Waals surface area contributed by atoms with Crippen LogP contribution in [0, 0.1) is 0 Å². The molecule has 8 nitrogen and oxygen atoms in total. The first-order valence-electron chi connectivity index (χ1n) is 10.4. The molecule has 166 valence electrons. The molecule has 0 bridgehead atoms. The number of benzene rings is 1. The Morgan fingerprint density at radius 3 is 2.94 bits per heavy atom. The molecule has 1 unspecified atom stereocenters. The Balaban J connectivity index is 1.32. The van der Waals surface area contributed by atoms with Gasteiger partial charge in [0.05, 0.1) is 30.4 Å². The highest BCUT2D eigenvalue weighted by Gasteiger charge is 2.28. The Hall–Kier alpha value is -3.39. The molecule has 1 aliphatic rings. The maximum Gasteiger partial charge on any atom is 0.253 e. The van der Waals surface area contributed by atoms with E-state index in [1.54, 1.807) is 11.1 Å². The summed E-state index contributed by atoms with van der Waals surface area (Å²) in [5, 5.41) is 12.7. The van der Waals surface area contributed by atoms with Crippen molar-refractivity contribution in [2.45, 2.75) is 25.2 Å². The van der Waals surface area contributed by atoms with Gasteiger partial charge >= 0.3 is 0 Å². The number of nitrogens with zero attached hydrogens (tertiary/aromatic N) is 3. The molecule has 0 saturated carbocycles. The second-order valence-corrected chi connectivity index (χ2v) is 8.20. The molecule has 1 atom stereocenters. The SMILES string of the molecule is O=C(NCC(=O)N1CCCC(c2ncc(Cc3cccc(Cl)c3)o2)C1)c1cncc(O)c1. The van der Waals surface area contributed by atoms with Gasteiger partial charge in [0.1, 0.15) is 11.5 Å². The van der Waals surface area contributed by atoms with Crippen LogP contribution in [0.25, 0.3) is 0 Å². The predicted molar refractivity (Wildman–Crippen MR) is 118 cm³/mol. The number of nitrogens with one attached hydrogen (secondary N) is 1. The molecule has 0 radical (unpaired) electrons. The summed E-state index contributed by atoms with van der Waals surface area (Å²) in [6, 6.07) is 8.90. The number of aromatic nitrogens is 2. The van der Waals surface area contributed by atoms with Crippen LogP contribution >= 0.6 is 11.6 Å². The highest BCUT2D eigenvalue weighted by Crippen LogP contribution is 2.27. The summed E-state index contributed by atoms with van der Waals surface area (Å²) in [6.07, 6.45) is 6.59. The molecule has 2 aromatic heterocycles. The number of aromatic hydroxyl groups is 1. The highest BCUT2D eigenvalue weighted by atomic mass is 35.5. The van der Waals surface area contributed by atoms with E-state index < -0.39 is 5.91 Å². The van der Waals surface area contributed by atoms with Gasteiger partial charge in [-0.3, -0.25) is 14.6 Å². The fourth-order valence-electron chi connectivity index (χ4n) is 3.77. The first-order valence-corrected chi connectivity index (χ1v) is 10.7. The van der Waals surface area contributed by atoms with Gasteiger partial charge in [-0.05, 0) is 36.6 Å². The average Bonchev–Trinajstić information content (AvgIpc) is 3.26. The Kier molecular flexibility index (Phi) is 6.70. The van der Waals surface area contributed by atoms with E-state index in [0.29, 0.717) is 30.4 Å². The van der Waals surface area contributed by atoms with E-state index in [2.05, 4.69) is 15.3 Å². The number of likely N-dealkylation sites (tertiary alicyclic amines) is 1. The lowest BCUT2D eigenvalue weighted by molar-refractivity contribution is -0.131. The van der Waals surface area contributed by atoms with Gasteiger partial charge in [0.25, 0.3) is 5.91 Å². The second kappa shape index (κ2) is 9.82. The van der Waals surface area contributed by atoms with Crippen molar-refractivity contribution in [2.75, 3.05) is 19.6 Å². The number of rotatable bonds is 6. The van der Waals surface area contributed by atoms with Gasteiger partial charge in [-0.15, -0.1) is 0 Å².